The number of alkyl halides is 1. The molecule has 0 aromatic heterocycles. The van der Waals surface area contributed by atoms with Gasteiger partial charge in [-0.1, -0.05) is 25.2 Å². The van der Waals surface area contributed by atoms with Crippen LogP contribution in [0.1, 0.15) is 19.8 Å². The Morgan fingerprint density at radius 2 is 2.19 bits per heavy atom. The third-order valence-corrected chi connectivity index (χ3v) is 5.01. The van der Waals surface area contributed by atoms with Gasteiger partial charge in [-0.05, 0) is 30.1 Å². The second-order valence-electron chi connectivity index (χ2n) is 6.07. The molecule has 0 spiro atoms. The zero-order chi connectivity index (χ0) is 15.0. The zero-order valence-corrected chi connectivity index (χ0v) is 12.7. The van der Waals surface area contributed by atoms with Gasteiger partial charge >= 0.3 is 0 Å². The summed E-state index contributed by atoms with van der Waals surface area (Å²) in [6.07, 6.45) is 10.8. The highest BCUT2D eigenvalue weighted by molar-refractivity contribution is 5.42. The molecule has 114 valence electrons. The summed E-state index contributed by atoms with van der Waals surface area (Å²) in [7, 11) is 2.18. The second kappa shape index (κ2) is 5.68. The molecule has 0 fully saturated rings. The molecule has 0 radical (unpaired) electrons. The number of nitrogens with zero attached hydrogens (tertiary/aromatic N) is 1. The summed E-state index contributed by atoms with van der Waals surface area (Å²) in [6, 6.07) is 0.507. The summed E-state index contributed by atoms with van der Waals surface area (Å²) in [6.45, 7) is 2.92. The summed E-state index contributed by atoms with van der Waals surface area (Å²) < 4.78 is 13.1. The number of rotatable bonds is 3. The summed E-state index contributed by atoms with van der Waals surface area (Å²) >= 11 is 0. The van der Waals surface area contributed by atoms with E-state index in [1.807, 2.05) is 6.08 Å². The van der Waals surface area contributed by atoms with E-state index >= 15 is 0 Å². The standard InChI is InChI=1S/C17H24FN3/c1-3-15-14(9-19)13-6-4-11(8-16(13)21(15)2)12-5-7-17(18)20-10-12/h4-7,10-11,14-15,17,20H,3,8-9,19H2,1-2H3. The monoisotopic (exact) mass is 289 g/mol. The van der Waals surface area contributed by atoms with Gasteiger partial charge in [-0.3, -0.25) is 0 Å². The molecule has 0 saturated carbocycles. The summed E-state index contributed by atoms with van der Waals surface area (Å²) in [5, 5.41) is 2.74. The minimum atomic E-state index is -1.06. The molecule has 4 atom stereocenters. The Bertz CT molecular complexity index is 532. The van der Waals surface area contributed by atoms with Gasteiger partial charge in [0.2, 0.25) is 0 Å². The Kier molecular flexibility index (Phi) is 3.89. The van der Waals surface area contributed by atoms with Crippen LogP contribution in [0.2, 0.25) is 0 Å². The fourth-order valence-electron chi connectivity index (χ4n) is 3.85. The Hall–Kier alpha value is -1.55. The van der Waals surface area contributed by atoms with Gasteiger partial charge in [0.05, 0.1) is 0 Å². The molecule has 0 saturated heterocycles. The summed E-state index contributed by atoms with van der Waals surface area (Å²) in [4.78, 5) is 2.40. The van der Waals surface area contributed by atoms with Gasteiger partial charge in [0.1, 0.15) is 0 Å². The third kappa shape index (κ3) is 2.42. The first kappa shape index (κ1) is 14.4. The lowest BCUT2D eigenvalue weighted by Gasteiger charge is -2.29. The van der Waals surface area contributed by atoms with E-state index in [1.165, 1.54) is 11.3 Å². The van der Waals surface area contributed by atoms with Crippen molar-refractivity contribution in [2.75, 3.05) is 13.6 Å². The Balaban J connectivity index is 1.81. The second-order valence-corrected chi connectivity index (χ2v) is 6.07. The van der Waals surface area contributed by atoms with E-state index in [0.717, 1.165) is 18.4 Å². The van der Waals surface area contributed by atoms with Crippen molar-refractivity contribution in [1.82, 2.24) is 10.2 Å². The molecule has 0 bridgehead atoms. The molecule has 4 unspecified atom stereocenters. The van der Waals surface area contributed by atoms with Crippen molar-refractivity contribution >= 4 is 0 Å². The molecule has 1 aliphatic carbocycles. The normalized spacial score (nSPS) is 34.9. The molecular weight excluding hydrogens is 265 g/mol. The van der Waals surface area contributed by atoms with Crippen LogP contribution in [0.5, 0.6) is 0 Å². The maximum atomic E-state index is 13.1. The number of halogens is 1. The van der Waals surface area contributed by atoms with Crippen LogP contribution in [0.25, 0.3) is 0 Å². The van der Waals surface area contributed by atoms with E-state index in [2.05, 4.69) is 36.3 Å². The van der Waals surface area contributed by atoms with Gasteiger partial charge in [-0.25, -0.2) is 4.39 Å². The number of allylic oxidation sites excluding steroid dienone is 5. The van der Waals surface area contributed by atoms with E-state index in [1.54, 1.807) is 12.3 Å². The lowest BCUT2D eigenvalue weighted by atomic mass is 9.84. The molecule has 3 rings (SSSR count). The van der Waals surface area contributed by atoms with Gasteiger partial charge < -0.3 is 16.0 Å². The number of hydrogen-bond donors (Lipinski definition) is 2. The fraction of sp³-hybridized carbons (Fsp3) is 0.529. The number of nitrogens with two attached hydrogens (primary N) is 1. The largest absolute Gasteiger partial charge is 0.374 e. The maximum absolute atomic E-state index is 13.1. The van der Waals surface area contributed by atoms with E-state index in [9.17, 15) is 4.39 Å². The Morgan fingerprint density at radius 3 is 2.81 bits per heavy atom. The third-order valence-electron chi connectivity index (χ3n) is 5.01. The first-order chi connectivity index (χ1) is 10.2. The Labute approximate surface area is 126 Å². The predicted molar refractivity (Wildman–Crippen MR) is 83.9 cm³/mol. The van der Waals surface area contributed by atoms with Crippen LogP contribution in [0, 0.1) is 11.8 Å². The van der Waals surface area contributed by atoms with Crippen molar-refractivity contribution in [2.45, 2.75) is 32.1 Å². The van der Waals surface area contributed by atoms with Crippen molar-refractivity contribution in [3.63, 3.8) is 0 Å². The average molecular weight is 289 g/mol. The smallest absolute Gasteiger partial charge is 0.188 e. The van der Waals surface area contributed by atoms with E-state index < -0.39 is 6.30 Å². The van der Waals surface area contributed by atoms with Gasteiger partial charge in [0, 0.05) is 43.4 Å². The van der Waals surface area contributed by atoms with Crippen molar-refractivity contribution in [2.24, 2.45) is 17.6 Å². The van der Waals surface area contributed by atoms with E-state index in [0.29, 0.717) is 24.4 Å². The minimum Gasteiger partial charge on any atom is -0.374 e. The minimum absolute atomic E-state index is 0.316. The van der Waals surface area contributed by atoms with Gasteiger partial charge in [-0.15, -0.1) is 0 Å². The first-order valence-corrected chi connectivity index (χ1v) is 7.78. The number of hydrogen-bond acceptors (Lipinski definition) is 3. The molecular formula is C17H24FN3. The topological polar surface area (TPSA) is 41.3 Å². The van der Waals surface area contributed by atoms with Crippen molar-refractivity contribution in [1.29, 1.82) is 0 Å². The molecule has 2 heterocycles. The molecule has 2 aliphatic heterocycles. The molecule has 3 N–H and O–H groups in total. The molecule has 0 aromatic carbocycles. The van der Waals surface area contributed by atoms with Crippen molar-refractivity contribution in [3.05, 3.63) is 47.3 Å². The van der Waals surface area contributed by atoms with Gasteiger partial charge in [0.15, 0.2) is 6.30 Å². The molecule has 0 aromatic rings. The van der Waals surface area contributed by atoms with Crippen molar-refractivity contribution < 1.29 is 4.39 Å². The lowest BCUT2D eigenvalue weighted by Crippen LogP contribution is -2.34. The quantitative estimate of drug-likeness (QED) is 0.784. The van der Waals surface area contributed by atoms with Crippen molar-refractivity contribution in [3.8, 4) is 0 Å². The molecule has 4 heteroatoms. The Morgan fingerprint density at radius 1 is 1.38 bits per heavy atom. The highest BCUT2D eigenvalue weighted by atomic mass is 19.1. The van der Waals surface area contributed by atoms with Crippen LogP contribution < -0.4 is 11.1 Å². The van der Waals surface area contributed by atoms with Crippen LogP contribution in [0.3, 0.4) is 0 Å². The highest BCUT2D eigenvalue weighted by Crippen LogP contribution is 2.42. The zero-order valence-electron chi connectivity index (χ0n) is 12.7. The van der Waals surface area contributed by atoms with Crippen LogP contribution in [0.4, 0.5) is 4.39 Å². The number of nitrogens with one attached hydrogen (secondary N) is 1. The van der Waals surface area contributed by atoms with Gasteiger partial charge in [0.25, 0.3) is 0 Å². The molecule has 21 heavy (non-hydrogen) atoms. The molecule has 0 amide bonds. The highest BCUT2D eigenvalue weighted by Gasteiger charge is 2.37. The SMILES string of the molecule is CCC1C(CN)C2=C(CC(C3=CNC(F)C=C3)C=C2)N1C. The summed E-state index contributed by atoms with van der Waals surface area (Å²) in [5.74, 6) is 0.757. The fourth-order valence-corrected chi connectivity index (χ4v) is 3.85. The average Bonchev–Trinajstić information content (AvgIpc) is 2.79. The van der Waals surface area contributed by atoms with Crippen LogP contribution in [-0.4, -0.2) is 30.8 Å². The maximum Gasteiger partial charge on any atom is 0.188 e. The first-order valence-electron chi connectivity index (χ1n) is 7.78. The predicted octanol–water partition coefficient (Wildman–Crippen LogP) is 2.45. The van der Waals surface area contributed by atoms with Crippen LogP contribution >= 0.6 is 0 Å². The lowest BCUT2D eigenvalue weighted by molar-refractivity contribution is 0.268. The van der Waals surface area contributed by atoms with Gasteiger partial charge in [-0.2, -0.15) is 0 Å². The van der Waals surface area contributed by atoms with E-state index in [4.69, 9.17) is 5.73 Å². The molecule has 3 aliphatic rings. The summed E-state index contributed by atoms with van der Waals surface area (Å²) in [5.41, 5.74) is 9.94. The van der Waals surface area contributed by atoms with Crippen LogP contribution in [-0.2, 0) is 0 Å². The number of dihydropyridines is 1. The van der Waals surface area contributed by atoms with Crippen LogP contribution in [0.15, 0.2) is 47.3 Å². The molecule has 3 nitrogen and oxygen atoms in total. The van der Waals surface area contributed by atoms with E-state index in [-0.39, 0.29) is 0 Å².